The molecule has 4 aromatic carbocycles. The van der Waals surface area contributed by atoms with E-state index in [-0.39, 0.29) is 0 Å². The molecule has 0 aromatic heterocycles. The molecule has 0 unspecified atom stereocenters. The van der Waals surface area contributed by atoms with Gasteiger partial charge in [-0.2, -0.15) is 0 Å². The average Bonchev–Trinajstić information content (AvgIpc) is 3.09. The zero-order chi connectivity index (χ0) is 23.4. The van der Waals surface area contributed by atoms with Crippen molar-refractivity contribution in [2.24, 2.45) is 0 Å². The molecule has 33 heavy (non-hydrogen) atoms. The molecular formula is C29H30O2Si2. The van der Waals surface area contributed by atoms with Crippen LogP contribution in [-0.4, -0.2) is 26.2 Å². The number of fused-ring (bicyclic) bond motifs is 3. The van der Waals surface area contributed by atoms with Gasteiger partial charge in [0.2, 0.25) is 16.6 Å². The van der Waals surface area contributed by atoms with Crippen LogP contribution in [0, 0.1) is 0 Å². The molecule has 0 amide bonds. The standard InChI is InChI=1S/C29H30O2Si2/c1-32(2,30)23-15-17-25-26-18-16-24(33(3,4)31)20-28(26)29(27(25)19-23,21-11-7-5-8-12-21)22-13-9-6-10-14-22/h5-20,30-31H,1-4H3. The van der Waals surface area contributed by atoms with Crippen LogP contribution < -0.4 is 10.4 Å². The zero-order valence-corrected chi connectivity index (χ0v) is 21.6. The summed E-state index contributed by atoms with van der Waals surface area (Å²) >= 11 is 0. The zero-order valence-electron chi connectivity index (χ0n) is 19.6. The van der Waals surface area contributed by atoms with Gasteiger partial charge in [-0.1, -0.05) is 97.1 Å². The van der Waals surface area contributed by atoms with E-state index in [2.05, 4.69) is 97.1 Å². The summed E-state index contributed by atoms with van der Waals surface area (Å²) in [6.45, 7) is 7.89. The molecule has 2 N–H and O–H groups in total. The van der Waals surface area contributed by atoms with Gasteiger partial charge in [0.25, 0.3) is 0 Å². The largest absolute Gasteiger partial charge is 0.428 e. The van der Waals surface area contributed by atoms with Crippen molar-refractivity contribution in [2.75, 3.05) is 0 Å². The summed E-state index contributed by atoms with van der Waals surface area (Å²) in [5.41, 5.74) is 6.68. The molecule has 0 aliphatic heterocycles. The van der Waals surface area contributed by atoms with Gasteiger partial charge < -0.3 is 9.59 Å². The smallest absolute Gasteiger partial charge is 0.213 e. The predicted molar refractivity (Wildman–Crippen MR) is 142 cm³/mol. The SMILES string of the molecule is C[Si](C)(O)c1ccc2c(c1)C(c1ccccc1)(c1ccccc1)c1cc([Si](C)(C)O)ccc1-2. The predicted octanol–water partition coefficient (Wildman–Crippen LogP) is 4.86. The highest BCUT2D eigenvalue weighted by Crippen LogP contribution is 2.55. The molecule has 166 valence electrons. The quantitative estimate of drug-likeness (QED) is 0.372. The Kier molecular flexibility index (Phi) is 5.10. The lowest BCUT2D eigenvalue weighted by molar-refractivity contribution is 0.567. The minimum absolute atomic E-state index is 0.515. The summed E-state index contributed by atoms with van der Waals surface area (Å²) < 4.78 is 0. The van der Waals surface area contributed by atoms with Crippen LogP contribution in [0.4, 0.5) is 0 Å². The average molecular weight is 467 g/mol. The molecule has 0 spiro atoms. The van der Waals surface area contributed by atoms with E-state index >= 15 is 0 Å². The van der Waals surface area contributed by atoms with Crippen LogP contribution in [0.5, 0.6) is 0 Å². The lowest BCUT2D eigenvalue weighted by Gasteiger charge is -2.35. The van der Waals surface area contributed by atoms with E-state index in [0.29, 0.717) is 0 Å². The van der Waals surface area contributed by atoms with Gasteiger partial charge in [-0.05, 0) is 69.9 Å². The van der Waals surface area contributed by atoms with Crippen molar-refractivity contribution in [3.63, 3.8) is 0 Å². The van der Waals surface area contributed by atoms with Gasteiger partial charge in [0.05, 0.1) is 5.41 Å². The van der Waals surface area contributed by atoms with E-state index in [4.69, 9.17) is 0 Å². The van der Waals surface area contributed by atoms with Crippen molar-refractivity contribution >= 4 is 27.0 Å². The van der Waals surface area contributed by atoms with Crippen molar-refractivity contribution in [1.29, 1.82) is 0 Å². The maximum Gasteiger partial charge on any atom is 0.213 e. The van der Waals surface area contributed by atoms with Gasteiger partial charge in [0.1, 0.15) is 0 Å². The summed E-state index contributed by atoms with van der Waals surface area (Å²) in [5, 5.41) is 2.06. The monoisotopic (exact) mass is 466 g/mol. The Labute approximate surface area is 198 Å². The van der Waals surface area contributed by atoms with Crippen LogP contribution in [-0.2, 0) is 5.41 Å². The summed E-state index contributed by atoms with van der Waals surface area (Å²) in [7, 11) is -5.04. The van der Waals surface area contributed by atoms with E-state index in [9.17, 15) is 9.59 Å². The molecule has 0 heterocycles. The molecule has 0 radical (unpaired) electrons. The molecule has 4 aromatic rings. The van der Waals surface area contributed by atoms with Gasteiger partial charge in [0, 0.05) is 0 Å². The van der Waals surface area contributed by atoms with Crippen LogP contribution >= 0.6 is 0 Å². The van der Waals surface area contributed by atoms with Crippen LogP contribution in [0.15, 0.2) is 97.1 Å². The first kappa shape index (κ1) is 22.0. The maximum atomic E-state index is 11.0. The molecular weight excluding hydrogens is 436 g/mol. The maximum absolute atomic E-state index is 11.0. The van der Waals surface area contributed by atoms with E-state index in [1.54, 1.807) is 0 Å². The molecule has 1 aliphatic carbocycles. The fraction of sp³-hybridized carbons (Fsp3) is 0.172. The Morgan fingerprint density at radius 1 is 0.515 bits per heavy atom. The van der Waals surface area contributed by atoms with Gasteiger partial charge >= 0.3 is 0 Å². The number of hydrogen-bond donors (Lipinski definition) is 2. The first-order valence-corrected chi connectivity index (χ1v) is 17.4. The second-order valence-corrected chi connectivity index (χ2v) is 17.5. The fourth-order valence-corrected chi connectivity index (χ4v) is 7.23. The molecule has 0 atom stereocenters. The topological polar surface area (TPSA) is 40.5 Å². The first-order chi connectivity index (χ1) is 15.6. The molecule has 0 saturated carbocycles. The molecule has 4 heteroatoms. The van der Waals surface area contributed by atoms with E-state index in [1.165, 1.54) is 33.4 Å². The van der Waals surface area contributed by atoms with Crippen molar-refractivity contribution < 1.29 is 9.59 Å². The second kappa shape index (κ2) is 7.64. The third kappa shape index (κ3) is 3.45. The van der Waals surface area contributed by atoms with Gasteiger partial charge in [-0.3, -0.25) is 0 Å². The van der Waals surface area contributed by atoms with Crippen molar-refractivity contribution in [3.8, 4) is 11.1 Å². The Hall–Kier alpha value is -2.77. The number of rotatable bonds is 4. The Balaban J connectivity index is 1.96. The number of benzene rings is 4. The van der Waals surface area contributed by atoms with E-state index in [0.717, 1.165) is 10.4 Å². The lowest BCUT2D eigenvalue weighted by Crippen LogP contribution is -2.43. The van der Waals surface area contributed by atoms with Gasteiger partial charge in [-0.15, -0.1) is 0 Å². The molecule has 1 aliphatic rings. The summed E-state index contributed by atoms with van der Waals surface area (Å²) in [5.74, 6) is 0. The third-order valence-corrected chi connectivity index (χ3v) is 10.4. The van der Waals surface area contributed by atoms with Crippen molar-refractivity contribution in [1.82, 2.24) is 0 Å². The third-order valence-electron chi connectivity index (χ3n) is 6.96. The van der Waals surface area contributed by atoms with Crippen molar-refractivity contribution in [3.05, 3.63) is 119 Å². The number of hydrogen-bond acceptors (Lipinski definition) is 2. The van der Waals surface area contributed by atoms with Crippen molar-refractivity contribution in [2.45, 2.75) is 31.6 Å². The Bertz CT molecular complexity index is 1210. The highest BCUT2D eigenvalue weighted by atomic mass is 28.4. The minimum atomic E-state index is -2.52. The summed E-state index contributed by atoms with van der Waals surface area (Å²) in [6.07, 6.45) is 0. The van der Waals surface area contributed by atoms with Crippen LogP contribution in [0.2, 0.25) is 26.2 Å². The molecule has 0 fully saturated rings. The van der Waals surface area contributed by atoms with E-state index in [1.807, 2.05) is 26.2 Å². The molecule has 5 rings (SSSR count). The Morgan fingerprint density at radius 2 is 0.879 bits per heavy atom. The van der Waals surface area contributed by atoms with Crippen LogP contribution in [0.3, 0.4) is 0 Å². The van der Waals surface area contributed by atoms with E-state index < -0.39 is 22.0 Å². The normalized spacial score (nSPS) is 14.6. The molecule has 0 saturated heterocycles. The summed E-state index contributed by atoms with van der Waals surface area (Å²) in [4.78, 5) is 22.0. The Morgan fingerprint density at radius 3 is 1.21 bits per heavy atom. The fourth-order valence-electron chi connectivity index (χ4n) is 5.25. The second-order valence-electron chi connectivity index (χ2n) is 10.1. The van der Waals surface area contributed by atoms with Crippen LogP contribution in [0.25, 0.3) is 11.1 Å². The van der Waals surface area contributed by atoms with Gasteiger partial charge in [-0.25, -0.2) is 0 Å². The highest BCUT2D eigenvalue weighted by molar-refractivity contribution is 6.83. The van der Waals surface area contributed by atoms with Crippen LogP contribution in [0.1, 0.15) is 22.3 Å². The minimum Gasteiger partial charge on any atom is -0.428 e. The molecule has 0 bridgehead atoms. The lowest BCUT2D eigenvalue weighted by atomic mass is 9.68. The first-order valence-electron chi connectivity index (χ1n) is 11.5. The summed E-state index contributed by atoms with van der Waals surface area (Å²) in [6, 6.07) is 34.4. The van der Waals surface area contributed by atoms with Gasteiger partial charge in [0.15, 0.2) is 0 Å². The highest BCUT2D eigenvalue weighted by Gasteiger charge is 2.47. The molecule has 2 nitrogen and oxygen atoms in total.